The summed E-state index contributed by atoms with van der Waals surface area (Å²) in [5.41, 5.74) is 4.90. The van der Waals surface area contributed by atoms with Crippen molar-refractivity contribution >= 4 is 5.78 Å². The van der Waals surface area contributed by atoms with Gasteiger partial charge in [0.05, 0.1) is 12.2 Å². The van der Waals surface area contributed by atoms with Crippen molar-refractivity contribution in [3.8, 4) is 0 Å². The van der Waals surface area contributed by atoms with E-state index >= 15 is 0 Å². The van der Waals surface area contributed by atoms with E-state index in [1.165, 1.54) is 49.7 Å². The van der Waals surface area contributed by atoms with Crippen LogP contribution in [0.25, 0.3) is 0 Å². The monoisotopic (exact) mass is 326 g/mol. The maximum absolute atomic E-state index is 11.9. The van der Waals surface area contributed by atoms with Crippen LogP contribution >= 0.6 is 0 Å². The standard InChI is InChI=1S/C22H30O2/c1-14-9-12-24-22(14)11-8-20-19-5-3-15-13-16(23)4-6-17(15)18(19)7-10-21(20,22)2/h18-20H,1,3-13H2,2H3/t18-,19-,20+,21+,22+/m1/s1. The van der Waals surface area contributed by atoms with Crippen molar-refractivity contribution in [2.75, 3.05) is 6.61 Å². The number of hydrogen-bond donors (Lipinski definition) is 0. The molecule has 0 N–H and O–H groups in total. The van der Waals surface area contributed by atoms with E-state index in [1.54, 1.807) is 5.57 Å². The van der Waals surface area contributed by atoms with Crippen LogP contribution in [0.15, 0.2) is 23.3 Å². The van der Waals surface area contributed by atoms with E-state index in [1.807, 2.05) is 0 Å². The number of hydrogen-bond acceptors (Lipinski definition) is 2. The molecule has 2 nitrogen and oxygen atoms in total. The van der Waals surface area contributed by atoms with Crippen LogP contribution in [0.2, 0.25) is 0 Å². The minimum absolute atomic E-state index is 0.0141. The molecule has 5 atom stereocenters. The predicted octanol–water partition coefficient (Wildman–Crippen LogP) is 4.99. The smallest absolute Gasteiger partial charge is 0.137 e. The SMILES string of the molecule is C=C1CCO[C@@]12CC[C@H]1[C@@H]3CCC4=C(CCC(=O)C4)[C@H]3CC[C@@]12C. The fourth-order valence-electron chi connectivity index (χ4n) is 7.52. The number of rotatable bonds is 0. The molecule has 24 heavy (non-hydrogen) atoms. The summed E-state index contributed by atoms with van der Waals surface area (Å²) in [6.07, 6.45) is 11.3. The molecular formula is C22H30O2. The van der Waals surface area contributed by atoms with Gasteiger partial charge >= 0.3 is 0 Å². The normalized spacial score (nSPS) is 47.8. The van der Waals surface area contributed by atoms with Crippen molar-refractivity contribution in [2.45, 2.75) is 76.7 Å². The highest BCUT2D eigenvalue weighted by Crippen LogP contribution is 2.68. The summed E-state index contributed by atoms with van der Waals surface area (Å²) in [7, 11) is 0. The van der Waals surface area contributed by atoms with Gasteiger partial charge < -0.3 is 4.74 Å². The average molecular weight is 326 g/mol. The van der Waals surface area contributed by atoms with Crippen molar-refractivity contribution in [3.05, 3.63) is 23.3 Å². The van der Waals surface area contributed by atoms with Gasteiger partial charge in [0.1, 0.15) is 5.78 Å². The quantitative estimate of drug-likeness (QED) is 0.586. The van der Waals surface area contributed by atoms with E-state index < -0.39 is 0 Å². The summed E-state index contributed by atoms with van der Waals surface area (Å²) in [5.74, 6) is 2.86. The maximum Gasteiger partial charge on any atom is 0.137 e. The molecule has 0 aromatic heterocycles. The lowest BCUT2D eigenvalue weighted by atomic mass is 9.52. The van der Waals surface area contributed by atoms with E-state index in [0.717, 1.165) is 50.0 Å². The lowest BCUT2D eigenvalue weighted by Crippen LogP contribution is -2.51. The summed E-state index contributed by atoms with van der Waals surface area (Å²) in [6, 6.07) is 0. The lowest BCUT2D eigenvalue weighted by molar-refractivity contribution is -0.119. The molecule has 130 valence electrons. The topological polar surface area (TPSA) is 26.3 Å². The van der Waals surface area contributed by atoms with Crippen molar-refractivity contribution in [3.63, 3.8) is 0 Å². The van der Waals surface area contributed by atoms with Crippen molar-refractivity contribution in [1.82, 2.24) is 0 Å². The van der Waals surface area contributed by atoms with Gasteiger partial charge in [-0.1, -0.05) is 24.6 Å². The van der Waals surface area contributed by atoms with Gasteiger partial charge in [0.2, 0.25) is 0 Å². The molecule has 0 unspecified atom stereocenters. The van der Waals surface area contributed by atoms with E-state index in [2.05, 4.69) is 13.5 Å². The zero-order valence-electron chi connectivity index (χ0n) is 15.0. The summed E-state index contributed by atoms with van der Waals surface area (Å²) < 4.78 is 6.43. The Labute approximate surface area is 145 Å². The third-order valence-electron chi connectivity index (χ3n) is 8.64. The Hall–Kier alpha value is -0.890. The first-order valence-corrected chi connectivity index (χ1v) is 10.1. The van der Waals surface area contributed by atoms with Gasteiger partial charge in [-0.05, 0) is 74.7 Å². The summed E-state index contributed by atoms with van der Waals surface area (Å²) >= 11 is 0. The molecule has 5 aliphatic rings. The minimum Gasteiger partial charge on any atom is -0.370 e. The second kappa shape index (κ2) is 5.06. The number of fused-ring (bicyclic) bond motifs is 5. The van der Waals surface area contributed by atoms with Crippen LogP contribution in [0.3, 0.4) is 0 Å². The minimum atomic E-state index is -0.0141. The molecule has 2 saturated carbocycles. The van der Waals surface area contributed by atoms with Gasteiger partial charge in [-0.25, -0.2) is 0 Å². The molecule has 1 heterocycles. The van der Waals surface area contributed by atoms with Gasteiger partial charge in [0.15, 0.2) is 0 Å². The first kappa shape index (κ1) is 15.4. The Bertz CT molecular complexity index is 644. The number of ether oxygens (including phenoxy) is 1. The summed E-state index contributed by atoms with van der Waals surface area (Å²) in [6.45, 7) is 7.83. The van der Waals surface area contributed by atoms with E-state index in [9.17, 15) is 4.79 Å². The molecule has 0 bridgehead atoms. The largest absolute Gasteiger partial charge is 0.370 e. The maximum atomic E-state index is 11.9. The van der Waals surface area contributed by atoms with Crippen LogP contribution in [-0.4, -0.2) is 18.0 Å². The number of carbonyl (C=O) groups is 1. The fourth-order valence-corrected chi connectivity index (χ4v) is 7.52. The van der Waals surface area contributed by atoms with E-state index in [0.29, 0.717) is 11.2 Å². The number of ketones is 1. The molecule has 1 spiro atoms. The Balaban J connectivity index is 1.49. The highest BCUT2D eigenvalue weighted by atomic mass is 16.5. The highest BCUT2D eigenvalue weighted by molar-refractivity contribution is 5.82. The predicted molar refractivity (Wildman–Crippen MR) is 94.6 cm³/mol. The highest BCUT2D eigenvalue weighted by Gasteiger charge is 2.64. The van der Waals surface area contributed by atoms with Gasteiger partial charge in [-0.15, -0.1) is 0 Å². The van der Waals surface area contributed by atoms with Crippen LogP contribution in [0.4, 0.5) is 0 Å². The van der Waals surface area contributed by atoms with Gasteiger partial charge in [-0.2, -0.15) is 0 Å². The van der Waals surface area contributed by atoms with E-state index in [-0.39, 0.29) is 5.60 Å². The zero-order valence-corrected chi connectivity index (χ0v) is 15.0. The first-order chi connectivity index (χ1) is 11.6. The Morgan fingerprint density at radius 1 is 1.08 bits per heavy atom. The Morgan fingerprint density at radius 3 is 2.75 bits per heavy atom. The second-order valence-corrected chi connectivity index (χ2v) is 9.28. The van der Waals surface area contributed by atoms with Crippen molar-refractivity contribution < 1.29 is 9.53 Å². The van der Waals surface area contributed by atoms with Crippen molar-refractivity contribution in [1.29, 1.82) is 0 Å². The third-order valence-corrected chi connectivity index (χ3v) is 8.64. The molecular weight excluding hydrogens is 296 g/mol. The van der Waals surface area contributed by atoms with Crippen LogP contribution in [0.5, 0.6) is 0 Å². The van der Waals surface area contributed by atoms with Gasteiger partial charge in [-0.3, -0.25) is 4.79 Å². The molecule has 2 heteroatoms. The van der Waals surface area contributed by atoms with Crippen LogP contribution in [0.1, 0.15) is 71.1 Å². The lowest BCUT2D eigenvalue weighted by Gasteiger charge is -2.54. The number of allylic oxidation sites excluding steroid dienone is 2. The molecule has 0 aromatic rings. The average Bonchev–Trinajstić information content (AvgIpc) is 3.09. The van der Waals surface area contributed by atoms with Gasteiger partial charge in [0, 0.05) is 18.3 Å². The van der Waals surface area contributed by atoms with Crippen molar-refractivity contribution in [2.24, 2.45) is 23.2 Å². The molecule has 1 aliphatic heterocycles. The van der Waals surface area contributed by atoms with E-state index in [4.69, 9.17) is 4.74 Å². The Kier molecular flexibility index (Phi) is 3.24. The number of Topliss-reactive ketones (excluding diaryl/α,β-unsaturated/α-hetero) is 1. The second-order valence-electron chi connectivity index (χ2n) is 9.28. The first-order valence-electron chi connectivity index (χ1n) is 10.1. The van der Waals surface area contributed by atoms with Gasteiger partial charge in [0.25, 0.3) is 0 Å². The van der Waals surface area contributed by atoms with Crippen LogP contribution in [-0.2, 0) is 9.53 Å². The molecule has 5 rings (SSSR count). The summed E-state index contributed by atoms with van der Waals surface area (Å²) in [5, 5.41) is 0. The number of carbonyl (C=O) groups excluding carboxylic acids is 1. The molecule has 0 amide bonds. The Morgan fingerprint density at radius 2 is 1.96 bits per heavy atom. The van der Waals surface area contributed by atoms with Crippen LogP contribution in [0, 0.1) is 23.2 Å². The summed E-state index contributed by atoms with van der Waals surface area (Å²) in [4.78, 5) is 11.9. The molecule has 3 fully saturated rings. The third kappa shape index (κ3) is 1.79. The zero-order chi connectivity index (χ0) is 16.5. The fraction of sp³-hybridized carbons (Fsp3) is 0.773. The molecule has 4 aliphatic carbocycles. The molecule has 0 aromatic carbocycles. The molecule has 1 saturated heterocycles. The molecule has 0 radical (unpaired) electrons. The van der Waals surface area contributed by atoms with Crippen LogP contribution < -0.4 is 0 Å².